The number of benzene rings is 1. The molecule has 0 aliphatic heterocycles. The van der Waals surface area contributed by atoms with Crippen molar-refractivity contribution in [2.45, 2.75) is 57.6 Å². The molecule has 0 saturated heterocycles. The van der Waals surface area contributed by atoms with Crippen LogP contribution < -0.4 is 11.1 Å². The molecule has 1 aliphatic carbocycles. The van der Waals surface area contributed by atoms with Crippen LogP contribution in [0.3, 0.4) is 0 Å². The molecular weight excluding hydrogens is 504 g/mol. The maximum atomic E-state index is 12.3. The van der Waals surface area contributed by atoms with Gasteiger partial charge in [0.15, 0.2) is 5.65 Å². The normalized spacial score (nSPS) is 15.0. The number of nitrogens with two attached hydrogens (primary N) is 1. The average molecular weight is 537 g/mol. The summed E-state index contributed by atoms with van der Waals surface area (Å²) >= 11 is 0. The Kier molecular flexibility index (Phi) is 6.55. The van der Waals surface area contributed by atoms with Gasteiger partial charge in [0, 0.05) is 30.4 Å². The van der Waals surface area contributed by atoms with Crippen molar-refractivity contribution in [3.63, 3.8) is 0 Å². The Balaban J connectivity index is 1.47. The zero-order valence-electron chi connectivity index (χ0n) is 22.6. The van der Waals surface area contributed by atoms with E-state index in [1.165, 1.54) is 0 Å². The summed E-state index contributed by atoms with van der Waals surface area (Å²) in [5.41, 5.74) is 10.4. The van der Waals surface area contributed by atoms with Crippen LogP contribution >= 0.6 is 0 Å². The topological polar surface area (TPSA) is 137 Å². The van der Waals surface area contributed by atoms with E-state index in [0.29, 0.717) is 35.4 Å². The molecule has 0 radical (unpaired) electrons. The highest BCUT2D eigenvalue weighted by Gasteiger charge is 2.30. The molecule has 0 bridgehead atoms. The van der Waals surface area contributed by atoms with Gasteiger partial charge in [0.25, 0.3) is 5.91 Å². The van der Waals surface area contributed by atoms with Crippen LogP contribution in [0.15, 0.2) is 67.5 Å². The van der Waals surface area contributed by atoms with Crippen molar-refractivity contribution in [3.8, 4) is 22.6 Å². The number of primary amides is 1. The number of aliphatic hydroxyl groups is 1. The third-order valence-electron chi connectivity index (χ3n) is 7.52. The van der Waals surface area contributed by atoms with Crippen LogP contribution in [0.4, 0.5) is 5.69 Å². The number of fused-ring (bicyclic) bond motifs is 1. The van der Waals surface area contributed by atoms with Crippen LogP contribution in [0.25, 0.3) is 33.7 Å². The second-order valence-corrected chi connectivity index (χ2v) is 10.7. The zero-order valence-corrected chi connectivity index (χ0v) is 22.6. The predicted molar refractivity (Wildman–Crippen MR) is 153 cm³/mol. The monoisotopic (exact) mass is 536 g/mol. The first kappa shape index (κ1) is 25.7. The summed E-state index contributed by atoms with van der Waals surface area (Å²) in [6, 6.07) is 11.1. The Morgan fingerprint density at radius 2 is 1.82 bits per heavy atom. The highest BCUT2D eigenvalue weighted by molar-refractivity contribution is 5.99. The minimum absolute atomic E-state index is 0.111. The summed E-state index contributed by atoms with van der Waals surface area (Å²) in [5.74, 6) is -0.451. The number of nitrogens with zero attached hydrogens (tertiary/aromatic N) is 6. The first-order valence-electron chi connectivity index (χ1n) is 13.6. The van der Waals surface area contributed by atoms with Gasteiger partial charge in [-0.2, -0.15) is 5.10 Å². The average Bonchev–Trinajstić information content (AvgIpc) is 3.59. The molecule has 5 aromatic rings. The van der Waals surface area contributed by atoms with Crippen LogP contribution in [-0.4, -0.2) is 46.0 Å². The number of nitrogens with one attached hydrogen (secondary N) is 1. The molecule has 1 fully saturated rings. The number of imidazole rings is 1. The van der Waals surface area contributed by atoms with Gasteiger partial charge in [-0.05, 0) is 68.0 Å². The largest absolute Gasteiger partial charge is 0.371 e. The molecule has 0 spiro atoms. The number of amides is 1. The van der Waals surface area contributed by atoms with Crippen molar-refractivity contribution < 1.29 is 9.90 Å². The summed E-state index contributed by atoms with van der Waals surface area (Å²) in [5, 5.41) is 20.3. The summed E-state index contributed by atoms with van der Waals surface area (Å²) in [4.78, 5) is 25.7. The Hall–Kier alpha value is -4.57. The van der Waals surface area contributed by atoms with Gasteiger partial charge in [-0.1, -0.05) is 20.3 Å². The van der Waals surface area contributed by atoms with E-state index >= 15 is 0 Å². The van der Waals surface area contributed by atoms with Gasteiger partial charge in [0.2, 0.25) is 0 Å². The SMILES string of the molecule is CC(C)c1nn(-c2ccc(C(N)=O)c(NC3(O)CCCCC3)c2)c2nccc(-n3cnc(-c4ccncc4)c3)c12. The van der Waals surface area contributed by atoms with Crippen LogP contribution in [-0.2, 0) is 0 Å². The quantitative estimate of drug-likeness (QED) is 0.250. The standard InChI is InChI=1S/C30H32N8O2/c1-19(2)27-26-25(37-17-24(34-18-37)20-8-13-32-14-9-20)10-15-33-29(26)38(36-27)21-6-7-22(28(31)39)23(16-21)35-30(40)11-4-3-5-12-30/h6-10,13-19,35,40H,3-5,11-12H2,1-2H3,(H2,31,39). The Morgan fingerprint density at radius 3 is 2.55 bits per heavy atom. The lowest BCUT2D eigenvalue weighted by Gasteiger charge is -2.34. The maximum absolute atomic E-state index is 12.3. The molecule has 4 N–H and O–H groups in total. The fourth-order valence-corrected chi connectivity index (χ4v) is 5.47. The first-order valence-corrected chi connectivity index (χ1v) is 13.6. The van der Waals surface area contributed by atoms with Gasteiger partial charge in [-0.15, -0.1) is 0 Å². The molecule has 1 saturated carbocycles. The van der Waals surface area contributed by atoms with Crippen molar-refractivity contribution >= 4 is 22.6 Å². The number of pyridine rings is 2. The lowest BCUT2D eigenvalue weighted by Crippen LogP contribution is -2.40. The second kappa shape index (κ2) is 10.2. The van der Waals surface area contributed by atoms with E-state index in [2.05, 4.69) is 29.1 Å². The van der Waals surface area contributed by atoms with Crippen LogP contribution in [0, 0.1) is 0 Å². The van der Waals surface area contributed by atoms with Gasteiger partial charge in [0.1, 0.15) is 5.72 Å². The number of carbonyl (C=O) groups is 1. The molecule has 4 heterocycles. The predicted octanol–water partition coefficient (Wildman–Crippen LogP) is 4.96. The van der Waals surface area contributed by atoms with Gasteiger partial charge in [0.05, 0.1) is 45.7 Å². The van der Waals surface area contributed by atoms with Crippen molar-refractivity contribution in [1.82, 2.24) is 29.3 Å². The van der Waals surface area contributed by atoms with Crippen molar-refractivity contribution in [2.75, 3.05) is 5.32 Å². The zero-order chi connectivity index (χ0) is 27.9. The molecule has 40 heavy (non-hydrogen) atoms. The number of hydrogen-bond acceptors (Lipinski definition) is 7. The van der Waals surface area contributed by atoms with E-state index in [-0.39, 0.29) is 5.92 Å². The molecular formula is C30H32N8O2. The molecule has 1 aromatic carbocycles. The lowest BCUT2D eigenvalue weighted by molar-refractivity contribution is 0.0316. The summed E-state index contributed by atoms with van der Waals surface area (Å²) in [6.45, 7) is 4.20. The van der Waals surface area contributed by atoms with Crippen molar-refractivity contribution in [1.29, 1.82) is 0 Å². The van der Waals surface area contributed by atoms with E-state index in [4.69, 9.17) is 15.8 Å². The Bertz CT molecular complexity index is 1680. The molecule has 6 rings (SSSR count). The summed E-state index contributed by atoms with van der Waals surface area (Å²) < 4.78 is 3.77. The third-order valence-corrected chi connectivity index (χ3v) is 7.52. The van der Waals surface area contributed by atoms with Crippen LogP contribution in [0.5, 0.6) is 0 Å². The fourth-order valence-electron chi connectivity index (χ4n) is 5.47. The molecule has 4 aromatic heterocycles. The van der Waals surface area contributed by atoms with E-state index in [1.807, 2.05) is 35.0 Å². The van der Waals surface area contributed by atoms with Crippen molar-refractivity contribution in [3.05, 3.63) is 78.8 Å². The molecule has 10 nitrogen and oxygen atoms in total. The lowest BCUT2D eigenvalue weighted by atomic mass is 9.91. The highest BCUT2D eigenvalue weighted by atomic mass is 16.3. The Labute approximate surface area is 231 Å². The highest BCUT2D eigenvalue weighted by Crippen LogP contribution is 2.34. The molecule has 0 atom stereocenters. The molecule has 1 amide bonds. The maximum Gasteiger partial charge on any atom is 0.250 e. The second-order valence-electron chi connectivity index (χ2n) is 10.7. The molecule has 204 valence electrons. The molecule has 1 aliphatic rings. The van der Waals surface area contributed by atoms with Gasteiger partial charge >= 0.3 is 0 Å². The van der Waals surface area contributed by atoms with E-state index in [1.54, 1.807) is 41.7 Å². The third kappa shape index (κ3) is 4.71. The van der Waals surface area contributed by atoms with E-state index in [0.717, 1.165) is 47.3 Å². The minimum atomic E-state index is -1.09. The number of anilines is 1. The fraction of sp³-hybridized carbons (Fsp3) is 0.300. The number of carbonyl (C=O) groups excluding carboxylic acids is 1. The van der Waals surface area contributed by atoms with Gasteiger partial charge in [-0.3, -0.25) is 9.78 Å². The van der Waals surface area contributed by atoms with E-state index < -0.39 is 11.6 Å². The minimum Gasteiger partial charge on any atom is -0.371 e. The molecule has 10 heteroatoms. The summed E-state index contributed by atoms with van der Waals surface area (Å²) in [6.07, 6.45) is 13.2. The summed E-state index contributed by atoms with van der Waals surface area (Å²) in [7, 11) is 0. The number of hydrogen-bond donors (Lipinski definition) is 3. The van der Waals surface area contributed by atoms with Crippen LogP contribution in [0.2, 0.25) is 0 Å². The van der Waals surface area contributed by atoms with Crippen molar-refractivity contribution in [2.24, 2.45) is 5.73 Å². The van der Waals surface area contributed by atoms with Gasteiger partial charge < -0.3 is 20.7 Å². The van der Waals surface area contributed by atoms with Gasteiger partial charge in [-0.25, -0.2) is 14.6 Å². The Morgan fingerprint density at radius 1 is 1.05 bits per heavy atom. The van der Waals surface area contributed by atoms with E-state index in [9.17, 15) is 9.90 Å². The van der Waals surface area contributed by atoms with Crippen LogP contribution in [0.1, 0.15) is 67.9 Å². The molecule has 0 unspecified atom stereocenters. The number of aromatic nitrogens is 6. The first-order chi connectivity index (χ1) is 19.3. The smallest absolute Gasteiger partial charge is 0.250 e. The number of rotatable bonds is 7.